The van der Waals surface area contributed by atoms with Gasteiger partial charge in [0.25, 0.3) is 15.9 Å². The Bertz CT molecular complexity index is 1100. The van der Waals surface area contributed by atoms with Gasteiger partial charge < -0.3 is 19.7 Å². The van der Waals surface area contributed by atoms with Crippen LogP contribution < -0.4 is 19.7 Å². The van der Waals surface area contributed by atoms with Crippen LogP contribution in [0.4, 0.5) is 11.4 Å². The Kier molecular flexibility index (Phi) is 6.31. The number of methoxy groups -OCH3 is 2. The molecule has 0 fully saturated rings. The highest BCUT2D eigenvalue weighted by atomic mass is 32.2. The van der Waals surface area contributed by atoms with E-state index in [-0.39, 0.29) is 10.5 Å². The standard InChI is InChI=1S/C21H25N3O5S/c1-5-6-11-24-14(2)23-30(26,27)20-12-15(7-9-17(20)24)21(25)22-16-8-10-18(28-3)19(13-16)29-4/h7-10,12-13H,5-6,11H2,1-4H3,(H,22,25). The van der Waals surface area contributed by atoms with Gasteiger partial charge in [0.1, 0.15) is 10.7 Å². The normalized spacial score (nSPS) is 14.5. The number of carbonyl (C=O) groups excluding carboxylic acids is 1. The minimum atomic E-state index is -3.87. The lowest BCUT2D eigenvalue weighted by molar-refractivity contribution is 0.102. The quantitative estimate of drug-likeness (QED) is 0.718. The number of ether oxygens (including phenoxy) is 2. The zero-order valence-corrected chi connectivity index (χ0v) is 18.2. The maximum Gasteiger partial charge on any atom is 0.286 e. The number of hydrogen-bond donors (Lipinski definition) is 1. The summed E-state index contributed by atoms with van der Waals surface area (Å²) >= 11 is 0. The number of amides is 1. The third kappa shape index (κ3) is 4.25. The van der Waals surface area contributed by atoms with Gasteiger partial charge in [-0.25, -0.2) is 0 Å². The van der Waals surface area contributed by atoms with E-state index >= 15 is 0 Å². The summed E-state index contributed by atoms with van der Waals surface area (Å²) in [6, 6.07) is 9.62. The van der Waals surface area contributed by atoms with Crippen molar-refractivity contribution in [3.8, 4) is 11.5 Å². The third-order valence-electron chi connectivity index (χ3n) is 4.81. The van der Waals surface area contributed by atoms with Crippen LogP contribution in [0.3, 0.4) is 0 Å². The summed E-state index contributed by atoms with van der Waals surface area (Å²) in [5.41, 5.74) is 1.26. The molecule has 0 aromatic heterocycles. The monoisotopic (exact) mass is 431 g/mol. The number of benzene rings is 2. The summed E-state index contributed by atoms with van der Waals surface area (Å²) in [6.45, 7) is 4.40. The molecule has 30 heavy (non-hydrogen) atoms. The molecule has 8 nitrogen and oxygen atoms in total. The molecule has 0 radical (unpaired) electrons. The molecule has 160 valence electrons. The predicted molar refractivity (Wildman–Crippen MR) is 116 cm³/mol. The van der Waals surface area contributed by atoms with Gasteiger partial charge in [0.15, 0.2) is 11.5 Å². The van der Waals surface area contributed by atoms with Crippen LogP contribution in [0.2, 0.25) is 0 Å². The smallest absolute Gasteiger partial charge is 0.286 e. The lowest BCUT2D eigenvalue weighted by atomic mass is 10.1. The first-order chi connectivity index (χ1) is 14.3. The van der Waals surface area contributed by atoms with Crippen molar-refractivity contribution in [1.82, 2.24) is 0 Å². The number of nitrogens with one attached hydrogen (secondary N) is 1. The summed E-state index contributed by atoms with van der Waals surface area (Å²) in [4.78, 5) is 14.7. The van der Waals surface area contributed by atoms with Crippen LogP contribution in [0, 0.1) is 0 Å². The molecule has 2 aromatic carbocycles. The van der Waals surface area contributed by atoms with Crippen LogP contribution >= 0.6 is 0 Å². The molecule has 3 rings (SSSR count). The first kappa shape index (κ1) is 21.6. The number of amidine groups is 1. The van der Waals surface area contributed by atoms with Crippen molar-refractivity contribution in [3.63, 3.8) is 0 Å². The topological polar surface area (TPSA) is 97.3 Å². The molecule has 2 aromatic rings. The number of hydrogen-bond acceptors (Lipinski definition) is 6. The molecule has 1 amide bonds. The molecule has 1 aliphatic heterocycles. The van der Waals surface area contributed by atoms with Crippen molar-refractivity contribution >= 4 is 33.1 Å². The van der Waals surface area contributed by atoms with E-state index in [0.717, 1.165) is 12.8 Å². The van der Waals surface area contributed by atoms with Crippen LogP contribution in [0.1, 0.15) is 37.0 Å². The van der Waals surface area contributed by atoms with Crippen molar-refractivity contribution in [2.75, 3.05) is 31.0 Å². The fourth-order valence-corrected chi connectivity index (χ4v) is 4.51. The van der Waals surface area contributed by atoms with E-state index in [0.29, 0.717) is 35.3 Å². The van der Waals surface area contributed by atoms with Gasteiger partial charge in [0, 0.05) is 23.9 Å². The third-order valence-corrected chi connectivity index (χ3v) is 6.20. The number of anilines is 2. The number of unbranched alkanes of at least 4 members (excludes halogenated alkanes) is 1. The lowest BCUT2D eigenvalue weighted by Gasteiger charge is -2.29. The van der Waals surface area contributed by atoms with Gasteiger partial charge in [-0.15, -0.1) is 4.40 Å². The van der Waals surface area contributed by atoms with Gasteiger partial charge in [0.2, 0.25) is 0 Å². The Balaban J connectivity index is 1.91. The Morgan fingerprint density at radius 2 is 1.83 bits per heavy atom. The Labute approximate surface area is 176 Å². The zero-order chi connectivity index (χ0) is 21.9. The fourth-order valence-electron chi connectivity index (χ4n) is 3.25. The number of rotatable bonds is 7. The summed E-state index contributed by atoms with van der Waals surface area (Å²) in [7, 11) is -0.838. The number of nitrogens with zero attached hydrogens (tertiary/aromatic N) is 2. The summed E-state index contributed by atoms with van der Waals surface area (Å²) in [6.07, 6.45) is 1.87. The minimum Gasteiger partial charge on any atom is -0.493 e. The molecular formula is C21H25N3O5S. The summed E-state index contributed by atoms with van der Waals surface area (Å²) < 4.78 is 39.5. The molecule has 0 atom stereocenters. The minimum absolute atomic E-state index is 0.0316. The van der Waals surface area contributed by atoms with Crippen LogP contribution in [-0.2, 0) is 10.0 Å². The van der Waals surface area contributed by atoms with E-state index in [9.17, 15) is 13.2 Å². The van der Waals surface area contributed by atoms with Gasteiger partial charge >= 0.3 is 0 Å². The van der Waals surface area contributed by atoms with Crippen molar-refractivity contribution in [2.24, 2.45) is 4.40 Å². The van der Waals surface area contributed by atoms with E-state index in [4.69, 9.17) is 9.47 Å². The van der Waals surface area contributed by atoms with Crippen LogP contribution in [-0.4, -0.2) is 40.9 Å². The van der Waals surface area contributed by atoms with Gasteiger partial charge in [-0.05, 0) is 43.7 Å². The second-order valence-corrected chi connectivity index (χ2v) is 8.40. The second-order valence-electron chi connectivity index (χ2n) is 6.83. The van der Waals surface area contributed by atoms with Gasteiger partial charge in [0.05, 0.1) is 19.9 Å². The van der Waals surface area contributed by atoms with Crippen LogP contribution in [0.5, 0.6) is 11.5 Å². The summed E-state index contributed by atoms with van der Waals surface area (Å²) in [5, 5.41) is 2.75. The van der Waals surface area contributed by atoms with E-state index < -0.39 is 15.9 Å². The molecule has 1 N–H and O–H groups in total. The number of carbonyl (C=O) groups is 1. The van der Waals surface area contributed by atoms with Gasteiger partial charge in [-0.1, -0.05) is 13.3 Å². The maximum absolute atomic E-state index is 12.8. The highest BCUT2D eigenvalue weighted by Crippen LogP contribution is 2.33. The van der Waals surface area contributed by atoms with Crippen LogP contribution in [0.15, 0.2) is 45.7 Å². The SMILES string of the molecule is CCCCN1C(C)=NS(=O)(=O)c2cc(C(=O)Nc3ccc(OC)c(OC)c3)ccc21. The van der Waals surface area contributed by atoms with E-state index in [1.807, 2.05) is 4.90 Å². The number of sulfonamides is 1. The van der Waals surface area contributed by atoms with E-state index in [1.165, 1.54) is 20.3 Å². The van der Waals surface area contributed by atoms with Crippen molar-refractivity contribution in [1.29, 1.82) is 0 Å². The van der Waals surface area contributed by atoms with Crippen molar-refractivity contribution < 1.29 is 22.7 Å². The van der Waals surface area contributed by atoms with Crippen LogP contribution in [0.25, 0.3) is 0 Å². The highest BCUT2D eigenvalue weighted by molar-refractivity contribution is 7.90. The molecule has 9 heteroatoms. The fraction of sp³-hybridized carbons (Fsp3) is 0.333. The molecular weight excluding hydrogens is 406 g/mol. The predicted octanol–water partition coefficient (Wildman–Crippen LogP) is 3.68. The molecule has 0 aliphatic carbocycles. The maximum atomic E-state index is 12.8. The van der Waals surface area contributed by atoms with E-state index in [2.05, 4.69) is 16.6 Å². The first-order valence-corrected chi connectivity index (χ1v) is 11.0. The number of fused-ring (bicyclic) bond motifs is 1. The lowest BCUT2D eigenvalue weighted by Crippen LogP contribution is -2.34. The highest BCUT2D eigenvalue weighted by Gasteiger charge is 2.29. The first-order valence-electron chi connectivity index (χ1n) is 9.57. The Morgan fingerprint density at radius 1 is 1.10 bits per heavy atom. The molecule has 0 spiro atoms. The molecule has 0 bridgehead atoms. The van der Waals surface area contributed by atoms with Gasteiger partial charge in [-0.3, -0.25) is 4.79 Å². The average molecular weight is 432 g/mol. The zero-order valence-electron chi connectivity index (χ0n) is 17.4. The van der Waals surface area contributed by atoms with Crippen molar-refractivity contribution in [3.05, 3.63) is 42.0 Å². The molecule has 1 heterocycles. The molecule has 1 aliphatic rings. The van der Waals surface area contributed by atoms with E-state index in [1.54, 1.807) is 37.3 Å². The van der Waals surface area contributed by atoms with Gasteiger partial charge in [-0.2, -0.15) is 8.42 Å². The Hall–Kier alpha value is -3.07. The molecule has 0 unspecified atom stereocenters. The van der Waals surface area contributed by atoms with Crippen molar-refractivity contribution in [2.45, 2.75) is 31.6 Å². The largest absolute Gasteiger partial charge is 0.493 e. The molecule has 0 saturated heterocycles. The summed E-state index contributed by atoms with van der Waals surface area (Å²) in [5.74, 6) is 1.00. The average Bonchev–Trinajstić information content (AvgIpc) is 2.72. The second kappa shape index (κ2) is 8.74. The Morgan fingerprint density at radius 3 is 2.50 bits per heavy atom. The molecule has 0 saturated carbocycles.